The lowest BCUT2D eigenvalue weighted by molar-refractivity contribution is -0.0586. The Hall–Kier alpha value is -1.15. The van der Waals surface area contributed by atoms with Gasteiger partial charge in [-0.15, -0.1) is 6.58 Å². The van der Waals surface area contributed by atoms with Crippen LogP contribution in [0, 0.1) is 13.8 Å². The van der Waals surface area contributed by atoms with E-state index in [1.807, 2.05) is 19.9 Å². The fourth-order valence-corrected chi connectivity index (χ4v) is 2.17. The second-order valence-corrected chi connectivity index (χ2v) is 4.40. The second-order valence-electron chi connectivity index (χ2n) is 4.40. The van der Waals surface area contributed by atoms with Crippen molar-refractivity contribution in [2.75, 3.05) is 13.2 Å². The van der Waals surface area contributed by atoms with E-state index in [4.69, 9.17) is 4.74 Å². The number of aryl methyl sites for hydroxylation is 2. The van der Waals surface area contributed by atoms with E-state index in [2.05, 4.69) is 23.7 Å². The molecule has 0 unspecified atom stereocenters. The molecule has 2 heteroatoms. The molecule has 0 radical (unpaired) electrons. The normalized spacial score (nSPS) is 18.3. The Labute approximate surface area is 91.0 Å². The van der Waals surface area contributed by atoms with Gasteiger partial charge in [-0.1, -0.05) is 6.08 Å². The van der Waals surface area contributed by atoms with Crippen molar-refractivity contribution in [3.05, 3.63) is 41.7 Å². The Morgan fingerprint density at radius 2 is 2.00 bits per heavy atom. The molecule has 1 aliphatic rings. The monoisotopic (exact) mass is 203 g/mol. The molecule has 0 aromatic carbocycles. The minimum absolute atomic E-state index is 0.167. The summed E-state index contributed by atoms with van der Waals surface area (Å²) in [6.07, 6.45) is 2.96. The van der Waals surface area contributed by atoms with Gasteiger partial charge in [-0.05, 0) is 38.0 Å². The first-order chi connectivity index (χ1) is 7.16. The summed E-state index contributed by atoms with van der Waals surface area (Å²) in [5, 5.41) is 0. The maximum absolute atomic E-state index is 5.36. The summed E-state index contributed by atoms with van der Waals surface area (Å²) >= 11 is 0. The minimum atomic E-state index is 0.167. The third-order valence-corrected chi connectivity index (χ3v) is 2.99. The van der Waals surface area contributed by atoms with Crippen molar-refractivity contribution in [3.8, 4) is 0 Å². The third-order valence-electron chi connectivity index (χ3n) is 2.99. The molecule has 2 heterocycles. The first-order valence-electron chi connectivity index (χ1n) is 5.31. The average Bonchev–Trinajstić information content (AvgIpc) is 2.09. The molecule has 0 N–H and O–H groups in total. The predicted octanol–water partition coefficient (Wildman–Crippen LogP) is 2.54. The number of allylic oxidation sites excluding steroid dienone is 1. The van der Waals surface area contributed by atoms with Crippen molar-refractivity contribution < 1.29 is 4.74 Å². The number of aromatic nitrogens is 1. The van der Waals surface area contributed by atoms with Crippen LogP contribution in [-0.4, -0.2) is 18.2 Å². The molecule has 1 fully saturated rings. The van der Waals surface area contributed by atoms with Gasteiger partial charge in [0.05, 0.1) is 13.2 Å². The van der Waals surface area contributed by atoms with Gasteiger partial charge in [-0.3, -0.25) is 4.98 Å². The van der Waals surface area contributed by atoms with Gasteiger partial charge >= 0.3 is 0 Å². The van der Waals surface area contributed by atoms with Crippen LogP contribution in [0.2, 0.25) is 0 Å². The maximum atomic E-state index is 5.36. The van der Waals surface area contributed by atoms with Crippen molar-refractivity contribution in [1.82, 2.24) is 4.98 Å². The van der Waals surface area contributed by atoms with E-state index < -0.39 is 0 Å². The summed E-state index contributed by atoms with van der Waals surface area (Å²) in [6, 6.07) is 4.33. The van der Waals surface area contributed by atoms with Gasteiger partial charge in [0.15, 0.2) is 0 Å². The summed E-state index contributed by atoms with van der Waals surface area (Å²) in [4.78, 5) is 4.40. The lowest BCUT2D eigenvalue weighted by atomic mass is 9.76. The summed E-state index contributed by atoms with van der Waals surface area (Å²) in [5.74, 6) is 0. The maximum Gasteiger partial charge on any atom is 0.0588 e. The average molecular weight is 203 g/mol. The summed E-state index contributed by atoms with van der Waals surface area (Å²) in [5.41, 5.74) is 3.68. The largest absolute Gasteiger partial charge is 0.379 e. The van der Waals surface area contributed by atoms with Crippen LogP contribution in [0.25, 0.3) is 0 Å². The van der Waals surface area contributed by atoms with Gasteiger partial charge in [-0.25, -0.2) is 0 Å². The van der Waals surface area contributed by atoms with E-state index in [9.17, 15) is 0 Å². The van der Waals surface area contributed by atoms with E-state index in [0.29, 0.717) is 0 Å². The van der Waals surface area contributed by atoms with Crippen molar-refractivity contribution >= 4 is 0 Å². The molecule has 1 aromatic heterocycles. The highest BCUT2D eigenvalue weighted by Crippen LogP contribution is 2.36. The number of ether oxygens (including phenoxy) is 1. The quantitative estimate of drug-likeness (QED) is 0.704. The Morgan fingerprint density at radius 3 is 2.40 bits per heavy atom. The van der Waals surface area contributed by atoms with Gasteiger partial charge < -0.3 is 4.74 Å². The molecule has 0 atom stereocenters. The molecule has 1 aliphatic heterocycles. The second kappa shape index (κ2) is 3.78. The van der Waals surface area contributed by atoms with Gasteiger partial charge in [0, 0.05) is 16.8 Å². The molecule has 0 aliphatic carbocycles. The first-order valence-corrected chi connectivity index (χ1v) is 5.31. The molecule has 80 valence electrons. The van der Waals surface area contributed by atoms with E-state index in [-0.39, 0.29) is 5.41 Å². The van der Waals surface area contributed by atoms with E-state index in [1.54, 1.807) is 0 Å². The molecule has 2 nitrogen and oxygen atoms in total. The molecular formula is C13H17NO. The molecular weight excluding hydrogens is 186 g/mol. The molecule has 0 bridgehead atoms. The van der Waals surface area contributed by atoms with Gasteiger partial charge in [0.25, 0.3) is 0 Å². The van der Waals surface area contributed by atoms with Crippen molar-refractivity contribution in [2.45, 2.75) is 25.7 Å². The first kappa shape index (κ1) is 10.4. The van der Waals surface area contributed by atoms with Crippen molar-refractivity contribution in [2.24, 2.45) is 0 Å². The smallest absolute Gasteiger partial charge is 0.0588 e. The molecule has 15 heavy (non-hydrogen) atoms. The van der Waals surface area contributed by atoms with Crippen LogP contribution in [0.5, 0.6) is 0 Å². The van der Waals surface area contributed by atoms with Crippen molar-refractivity contribution in [3.63, 3.8) is 0 Å². The third kappa shape index (κ3) is 1.82. The van der Waals surface area contributed by atoms with Gasteiger partial charge in [0.2, 0.25) is 0 Å². The Balaban J connectivity index is 2.38. The number of nitrogens with zero attached hydrogens (tertiary/aromatic N) is 1. The molecule has 1 saturated heterocycles. The molecule has 0 saturated carbocycles. The number of hydrogen-bond acceptors (Lipinski definition) is 2. The Morgan fingerprint density at radius 1 is 1.40 bits per heavy atom. The van der Waals surface area contributed by atoms with Gasteiger partial charge in [0.1, 0.15) is 0 Å². The van der Waals surface area contributed by atoms with E-state index >= 15 is 0 Å². The van der Waals surface area contributed by atoms with Crippen LogP contribution in [-0.2, 0) is 10.2 Å². The highest BCUT2D eigenvalue weighted by atomic mass is 16.5. The summed E-state index contributed by atoms with van der Waals surface area (Å²) in [6.45, 7) is 9.52. The van der Waals surface area contributed by atoms with Crippen LogP contribution in [0.1, 0.15) is 23.4 Å². The van der Waals surface area contributed by atoms with Gasteiger partial charge in [-0.2, -0.15) is 0 Å². The number of rotatable bonds is 3. The summed E-state index contributed by atoms with van der Waals surface area (Å²) < 4.78 is 5.36. The van der Waals surface area contributed by atoms with Crippen LogP contribution in [0.3, 0.4) is 0 Å². The Bertz CT molecular complexity index is 360. The van der Waals surface area contributed by atoms with Crippen LogP contribution in [0.15, 0.2) is 24.8 Å². The lowest BCUT2D eigenvalue weighted by Gasteiger charge is -2.41. The molecule has 0 spiro atoms. The molecule has 0 amide bonds. The van der Waals surface area contributed by atoms with E-state index in [0.717, 1.165) is 31.0 Å². The highest BCUT2D eigenvalue weighted by molar-refractivity contribution is 5.31. The fourth-order valence-electron chi connectivity index (χ4n) is 2.17. The Kier molecular flexibility index (Phi) is 2.61. The molecule has 1 aromatic rings. The van der Waals surface area contributed by atoms with E-state index in [1.165, 1.54) is 5.56 Å². The van der Waals surface area contributed by atoms with Crippen LogP contribution in [0.4, 0.5) is 0 Å². The molecule has 2 rings (SSSR count). The standard InChI is InChI=1S/C13H17NO/c1-4-5-13(8-15-9-13)12-6-10(2)14-11(3)7-12/h4,6-7H,1,5,8-9H2,2-3H3. The number of pyridine rings is 1. The van der Waals surface area contributed by atoms with Crippen LogP contribution < -0.4 is 0 Å². The highest BCUT2D eigenvalue weighted by Gasteiger charge is 2.39. The summed E-state index contributed by atoms with van der Waals surface area (Å²) in [7, 11) is 0. The zero-order valence-electron chi connectivity index (χ0n) is 9.42. The van der Waals surface area contributed by atoms with Crippen molar-refractivity contribution in [1.29, 1.82) is 0 Å². The lowest BCUT2D eigenvalue weighted by Crippen LogP contribution is -2.46. The fraction of sp³-hybridized carbons (Fsp3) is 0.462. The topological polar surface area (TPSA) is 22.1 Å². The SMILES string of the molecule is C=CCC1(c2cc(C)nc(C)c2)COC1. The minimum Gasteiger partial charge on any atom is -0.379 e. The van der Waals surface area contributed by atoms with Crippen LogP contribution >= 0.6 is 0 Å². The zero-order chi connectivity index (χ0) is 10.9. The predicted molar refractivity (Wildman–Crippen MR) is 61.0 cm³/mol. The number of hydrogen-bond donors (Lipinski definition) is 0. The zero-order valence-corrected chi connectivity index (χ0v) is 9.42.